The Kier molecular flexibility index (Phi) is 3.20. The molecule has 0 aromatic carbocycles. The highest BCUT2D eigenvalue weighted by atomic mass is 32.2. The van der Waals surface area contributed by atoms with Gasteiger partial charge in [-0.05, 0) is 13.3 Å². The van der Waals surface area contributed by atoms with Crippen molar-refractivity contribution in [3.63, 3.8) is 0 Å². The van der Waals surface area contributed by atoms with E-state index in [2.05, 4.69) is 5.10 Å². The highest BCUT2D eigenvalue weighted by Crippen LogP contribution is 2.14. The van der Waals surface area contributed by atoms with E-state index in [-0.39, 0.29) is 6.42 Å². The summed E-state index contributed by atoms with van der Waals surface area (Å²) in [5.41, 5.74) is 11.4. The summed E-state index contributed by atoms with van der Waals surface area (Å²) < 4.78 is 31.6. The van der Waals surface area contributed by atoms with Crippen molar-refractivity contribution in [3.8, 4) is 0 Å². The van der Waals surface area contributed by atoms with Crippen LogP contribution in [0.4, 0.5) is 11.5 Å². The van der Waals surface area contributed by atoms with E-state index in [0.29, 0.717) is 18.1 Å². The van der Waals surface area contributed by atoms with Gasteiger partial charge in [0.25, 0.3) is 10.1 Å². The van der Waals surface area contributed by atoms with Crippen LogP contribution in [-0.4, -0.2) is 28.0 Å². The minimum atomic E-state index is -3.99. The summed E-state index contributed by atoms with van der Waals surface area (Å²) in [5.74, 6) is 0.303. The van der Waals surface area contributed by atoms with Crippen LogP contribution < -0.4 is 11.5 Å². The van der Waals surface area contributed by atoms with Crippen LogP contribution in [0.15, 0.2) is 6.20 Å². The van der Waals surface area contributed by atoms with Gasteiger partial charge in [-0.3, -0.25) is 4.55 Å². The van der Waals surface area contributed by atoms with Crippen molar-refractivity contribution in [2.75, 3.05) is 11.5 Å². The molecule has 0 aliphatic carbocycles. The molecule has 0 aliphatic rings. The molecule has 0 amide bonds. The van der Waals surface area contributed by atoms with Crippen molar-refractivity contribution >= 4 is 21.6 Å². The summed E-state index contributed by atoms with van der Waals surface area (Å²) in [7, 11) is -3.99. The number of nitrogens with two attached hydrogens (primary N) is 2. The lowest BCUT2D eigenvalue weighted by Crippen LogP contribution is -2.19. The Balaban J connectivity index is 2.62. The number of nitrogens with zero attached hydrogens (tertiary/aromatic N) is 2. The highest BCUT2D eigenvalue weighted by Gasteiger charge is 2.17. The van der Waals surface area contributed by atoms with E-state index in [9.17, 15) is 8.42 Å². The molecule has 8 heteroatoms. The van der Waals surface area contributed by atoms with Gasteiger partial charge in [-0.15, -0.1) is 0 Å². The van der Waals surface area contributed by atoms with Gasteiger partial charge in [0.2, 0.25) is 0 Å². The number of rotatable bonds is 4. The summed E-state index contributed by atoms with van der Waals surface area (Å²) in [6.45, 7) is 1.71. The first-order valence-electron chi connectivity index (χ1n) is 4.35. The van der Waals surface area contributed by atoms with E-state index in [1.54, 1.807) is 0 Å². The molecular weight excluding hydrogens is 220 g/mol. The SMILES string of the molecule is CC(CCn1ncc(N)c1N)S(=O)(=O)O. The molecule has 0 fully saturated rings. The Hall–Kier alpha value is -1.28. The summed E-state index contributed by atoms with van der Waals surface area (Å²) in [6, 6.07) is 0. The molecule has 1 atom stereocenters. The second kappa shape index (κ2) is 4.07. The predicted octanol–water partition coefficient (Wildman–Crippen LogP) is -0.286. The molecule has 5 N–H and O–H groups in total. The molecule has 15 heavy (non-hydrogen) atoms. The first-order chi connectivity index (χ1) is 6.82. The van der Waals surface area contributed by atoms with Gasteiger partial charge < -0.3 is 11.5 Å². The Labute approximate surface area is 87.8 Å². The van der Waals surface area contributed by atoms with Crippen LogP contribution in [0, 0.1) is 0 Å². The van der Waals surface area contributed by atoms with Crippen LogP contribution in [0.5, 0.6) is 0 Å². The minimum absolute atomic E-state index is 0.226. The Morgan fingerprint density at radius 2 is 2.20 bits per heavy atom. The minimum Gasteiger partial charge on any atom is -0.394 e. The number of nitrogen functional groups attached to an aromatic ring is 2. The third kappa shape index (κ3) is 2.83. The van der Waals surface area contributed by atoms with Crippen molar-refractivity contribution in [1.29, 1.82) is 0 Å². The Morgan fingerprint density at radius 1 is 1.60 bits per heavy atom. The average Bonchev–Trinajstić information content (AvgIpc) is 2.43. The molecule has 86 valence electrons. The van der Waals surface area contributed by atoms with Crippen LogP contribution in [0.1, 0.15) is 13.3 Å². The third-order valence-corrected chi connectivity index (χ3v) is 3.42. The maximum absolute atomic E-state index is 10.7. The molecule has 0 aliphatic heterocycles. The van der Waals surface area contributed by atoms with E-state index in [1.165, 1.54) is 17.8 Å². The van der Waals surface area contributed by atoms with Crippen molar-refractivity contribution < 1.29 is 13.0 Å². The Morgan fingerprint density at radius 3 is 2.60 bits per heavy atom. The van der Waals surface area contributed by atoms with Gasteiger partial charge >= 0.3 is 0 Å². The average molecular weight is 234 g/mol. The third-order valence-electron chi connectivity index (χ3n) is 2.17. The smallest absolute Gasteiger partial charge is 0.267 e. The maximum Gasteiger partial charge on any atom is 0.267 e. The quantitative estimate of drug-likeness (QED) is 0.615. The van der Waals surface area contributed by atoms with Gasteiger partial charge in [0, 0.05) is 6.54 Å². The predicted molar refractivity (Wildman–Crippen MR) is 56.7 cm³/mol. The summed E-state index contributed by atoms with van der Waals surface area (Å²) in [4.78, 5) is 0. The molecule has 0 radical (unpaired) electrons. The zero-order valence-corrected chi connectivity index (χ0v) is 9.11. The maximum atomic E-state index is 10.7. The monoisotopic (exact) mass is 234 g/mol. The zero-order valence-electron chi connectivity index (χ0n) is 8.29. The van der Waals surface area contributed by atoms with Crippen LogP contribution >= 0.6 is 0 Å². The van der Waals surface area contributed by atoms with Gasteiger partial charge in [0.15, 0.2) is 0 Å². The normalized spacial score (nSPS) is 14.0. The van der Waals surface area contributed by atoms with Crippen molar-refractivity contribution in [2.45, 2.75) is 25.1 Å². The second-order valence-electron chi connectivity index (χ2n) is 3.32. The van der Waals surface area contributed by atoms with Crippen LogP contribution in [0.2, 0.25) is 0 Å². The molecule has 1 unspecified atom stereocenters. The van der Waals surface area contributed by atoms with E-state index in [0.717, 1.165) is 0 Å². The molecule has 1 aromatic rings. The fourth-order valence-corrected chi connectivity index (χ4v) is 1.44. The standard InChI is InChI=1S/C7H14N4O3S/c1-5(15(12,13)14)2-3-11-7(9)6(8)4-10-11/h4-5H,2-3,8-9H2,1H3,(H,12,13,14). The number of aryl methyl sites for hydroxylation is 1. The second-order valence-corrected chi connectivity index (χ2v) is 5.16. The molecular formula is C7H14N4O3S. The van der Waals surface area contributed by atoms with Crippen molar-refractivity contribution in [3.05, 3.63) is 6.20 Å². The fourth-order valence-electron chi connectivity index (χ4n) is 1.04. The van der Waals surface area contributed by atoms with E-state index >= 15 is 0 Å². The van der Waals surface area contributed by atoms with E-state index in [1.807, 2.05) is 0 Å². The number of hydrogen-bond acceptors (Lipinski definition) is 5. The lowest BCUT2D eigenvalue weighted by atomic mass is 10.3. The van der Waals surface area contributed by atoms with Gasteiger partial charge in [0.1, 0.15) is 5.82 Å². The highest BCUT2D eigenvalue weighted by molar-refractivity contribution is 7.86. The molecule has 1 rings (SSSR count). The van der Waals surface area contributed by atoms with Crippen LogP contribution in [-0.2, 0) is 16.7 Å². The summed E-state index contributed by atoms with van der Waals surface area (Å²) in [6.07, 6.45) is 1.62. The fraction of sp³-hybridized carbons (Fsp3) is 0.571. The molecule has 1 aromatic heterocycles. The van der Waals surface area contributed by atoms with Gasteiger partial charge in [-0.1, -0.05) is 0 Å². The lowest BCUT2D eigenvalue weighted by Gasteiger charge is -2.08. The molecule has 0 saturated carbocycles. The molecule has 1 heterocycles. The molecule has 0 bridgehead atoms. The Bertz CT molecular complexity index is 439. The van der Waals surface area contributed by atoms with E-state index < -0.39 is 15.4 Å². The van der Waals surface area contributed by atoms with Crippen LogP contribution in [0.25, 0.3) is 0 Å². The first kappa shape index (κ1) is 11.8. The first-order valence-corrected chi connectivity index (χ1v) is 5.85. The van der Waals surface area contributed by atoms with Crippen molar-refractivity contribution in [1.82, 2.24) is 9.78 Å². The topological polar surface area (TPSA) is 124 Å². The molecule has 7 nitrogen and oxygen atoms in total. The number of hydrogen-bond donors (Lipinski definition) is 3. The van der Waals surface area contributed by atoms with E-state index in [4.69, 9.17) is 16.0 Å². The number of anilines is 2. The lowest BCUT2D eigenvalue weighted by molar-refractivity contribution is 0.457. The van der Waals surface area contributed by atoms with Gasteiger partial charge in [-0.2, -0.15) is 13.5 Å². The molecule has 0 saturated heterocycles. The number of aromatic nitrogens is 2. The molecule has 0 spiro atoms. The van der Waals surface area contributed by atoms with Crippen LogP contribution in [0.3, 0.4) is 0 Å². The summed E-state index contributed by atoms with van der Waals surface area (Å²) in [5, 5.41) is 3.01. The van der Waals surface area contributed by atoms with Gasteiger partial charge in [-0.25, -0.2) is 4.68 Å². The zero-order chi connectivity index (χ0) is 11.6. The summed E-state index contributed by atoms with van der Waals surface area (Å²) >= 11 is 0. The van der Waals surface area contributed by atoms with Crippen molar-refractivity contribution in [2.24, 2.45) is 0 Å². The van der Waals surface area contributed by atoms with Gasteiger partial charge in [0.05, 0.1) is 17.1 Å². The largest absolute Gasteiger partial charge is 0.394 e.